The molecule has 0 fully saturated rings. The maximum Gasteiger partial charge on any atom is 0.271 e. The highest BCUT2D eigenvalue weighted by Gasteiger charge is 2.10. The van der Waals surface area contributed by atoms with Gasteiger partial charge in [0.2, 0.25) is 0 Å². The van der Waals surface area contributed by atoms with Crippen LogP contribution in [0.1, 0.15) is 5.56 Å². The first kappa shape index (κ1) is 14.6. The van der Waals surface area contributed by atoms with Crippen molar-refractivity contribution in [1.29, 1.82) is 0 Å². The Kier molecular flexibility index (Phi) is 3.92. The maximum atomic E-state index is 10.9. The smallest absolute Gasteiger partial charge is 0.271 e. The number of nitrogens with zero attached hydrogens (tertiary/aromatic N) is 4. The summed E-state index contributed by atoms with van der Waals surface area (Å²) >= 11 is 0. The highest BCUT2D eigenvalue weighted by atomic mass is 16.6. The van der Waals surface area contributed by atoms with Gasteiger partial charge in [-0.05, 0) is 24.6 Å². The number of anilines is 2. The topological polar surface area (TPSA) is 93.8 Å². The molecular weight excluding hydrogens is 294 g/mol. The number of pyridine rings is 1. The number of benzene rings is 1. The number of non-ortho nitro benzene ring substituents is 1. The lowest BCUT2D eigenvalue weighted by molar-refractivity contribution is -0.384. The molecule has 2 aromatic heterocycles. The molecule has 3 aromatic rings. The van der Waals surface area contributed by atoms with Crippen molar-refractivity contribution in [2.45, 2.75) is 6.92 Å². The largest absolute Gasteiger partial charge is 0.340 e. The van der Waals surface area contributed by atoms with Gasteiger partial charge in [0, 0.05) is 41.8 Å². The molecule has 7 heteroatoms. The highest BCUT2D eigenvalue weighted by molar-refractivity contribution is 5.67. The summed E-state index contributed by atoms with van der Waals surface area (Å²) in [7, 11) is 0. The van der Waals surface area contributed by atoms with E-state index in [-0.39, 0.29) is 5.69 Å². The summed E-state index contributed by atoms with van der Waals surface area (Å²) in [6.45, 7) is 1.87. The molecule has 23 heavy (non-hydrogen) atoms. The second-order valence-electron chi connectivity index (χ2n) is 4.91. The van der Waals surface area contributed by atoms with E-state index in [1.54, 1.807) is 24.5 Å². The zero-order valence-electron chi connectivity index (χ0n) is 12.3. The molecule has 0 saturated heterocycles. The Morgan fingerprint density at radius 1 is 1.17 bits per heavy atom. The molecule has 2 heterocycles. The Balaban J connectivity index is 1.92. The summed E-state index contributed by atoms with van der Waals surface area (Å²) in [6.07, 6.45) is 4.85. The summed E-state index contributed by atoms with van der Waals surface area (Å²) in [5.41, 5.74) is 3.14. The fourth-order valence-corrected chi connectivity index (χ4v) is 2.09. The van der Waals surface area contributed by atoms with Crippen LogP contribution in [0.4, 0.5) is 17.2 Å². The van der Waals surface area contributed by atoms with Gasteiger partial charge in [-0.1, -0.05) is 6.07 Å². The van der Waals surface area contributed by atoms with Crippen molar-refractivity contribution in [1.82, 2.24) is 15.0 Å². The molecule has 0 bridgehead atoms. The average Bonchev–Trinajstić information content (AvgIpc) is 2.58. The standard InChI is InChI=1S/C16H13N5O2/c1-11-4-5-13(21(22)23)7-14(11)20-16-8-15(18-10-19-16)12-3-2-6-17-9-12/h2-10H,1H3,(H,18,19,20). The minimum atomic E-state index is -0.425. The molecule has 0 atom stereocenters. The minimum Gasteiger partial charge on any atom is -0.340 e. The molecule has 0 spiro atoms. The zero-order chi connectivity index (χ0) is 16.2. The van der Waals surface area contributed by atoms with E-state index in [0.29, 0.717) is 11.5 Å². The van der Waals surface area contributed by atoms with E-state index in [9.17, 15) is 10.1 Å². The normalized spacial score (nSPS) is 10.3. The molecule has 0 unspecified atom stereocenters. The van der Waals surface area contributed by atoms with Crippen LogP contribution in [0.25, 0.3) is 11.3 Å². The molecule has 114 valence electrons. The van der Waals surface area contributed by atoms with Crippen molar-refractivity contribution in [2.75, 3.05) is 5.32 Å². The Morgan fingerprint density at radius 2 is 2.04 bits per heavy atom. The van der Waals surface area contributed by atoms with E-state index in [4.69, 9.17) is 0 Å². The van der Waals surface area contributed by atoms with Gasteiger partial charge in [0.15, 0.2) is 0 Å². The van der Waals surface area contributed by atoms with Crippen molar-refractivity contribution >= 4 is 17.2 Å². The quantitative estimate of drug-likeness (QED) is 0.585. The maximum absolute atomic E-state index is 10.9. The zero-order valence-corrected chi connectivity index (χ0v) is 12.3. The van der Waals surface area contributed by atoms with E-state index < -0.39 is 4.92 Å². The van der Waals surface area contributed by atoms with Gasteiger partial charge in [0.05, 0.1) is 10.6 Å². The van der Waals surface area contributed by atoms with Gasteiger partial charge in [-0.25, -0.2) is 9.97 Å². The summed E-state index contributed by atoms with van der Waals surface area (Å²) < 4.78 is 0. The summed E-state index contributed by atoms with van der Waals surface area (Å²) in [4.78, 5) is 22.9. The molecule has 0 radical (unpaired) electrons. The van der Waals surface area contributed by atoms with Crippen molar-refractivity contribution in [3.8, 4) is 11.3 Å². The van der Waals surface area contributed by atoms with Crippen LogP contribution in [0.5, 0.6) is 0 Å². The second kappa shape index (κ2) is 6.18. The van der Waals surface area contributed by atoms with Gasteiger partial charge in [-0.2, -0.15) is 0 Å². The molecular formula is C16H13N5O2. The van der Waals surface area contributed by atoms with Crippen LogP contribution >= 0.6 is 0 Å². The Hall–Kier alpha value is -3.35. The molecule has 3 rings (SSSR count). The third kappa shape index (κ3) is 3.29. The van der Waals surface area contributed by atoms with Crippen molar-refractivity contribution in [3.05, 3.63) is 70.8 Å². The van der Waals surface area contributed by atoms with Gasteiger partial charge in [0.1, 0.15) is 12.1 Å². The first-order valence-electron chi connectivity index (χ1n) is 6.88. The number of rotatable bonds is 4. The number of aryl methyl sites for hydroxylation is 1. The van der Waals surface area contributed by atoms with E-state index in [2.05, 4.69) is 20.3 Å². The van der Waals surface area contributed by atoms with Crippen molar-refractivity contribution in [2.24, 2.45) is 0 Å². The van der Waals surface area contributed by atoms with E-state index in [0.717, 1.165) is 16.8 Å². The van der Waals surface area contributed by atoms with Crippen LogP contribution < -0.4 is 5.32 Å². The lowest BCUT2D eigenvalue weighted by Gasteiger charge is -2.09. The molecule has 0 saturated carbocycles. The van der Waals surface area contributed by atoms with Gasteiger partial charge < -0.3 is 5.32 Å². The Bertz CT molecular complexity index is 852. The number of nitro groups is 1. The van der Waals surface area contributed by atoms with Crippen molar-refractivity contribution < 1.29 is 4.92 Å². The van der Waals surface area contributed by atoms with Crippen LogP contribution in [0, 0.1) is 17.0 Å². The summed E-state index contributed by atoms with van der Waals surface area (Å²) in [5, 5.41) is 14.0. The van der Waals surface area contributed by atoms with Gasteiger partial charge in [0.25, 0.3) is 5.69 Å². The predicted octanol–water partition coefficient (Wildman–Crippen LogP) is 3.50. The lowest BCUT2D eigenvalue weighted by atomic mass is 10.1. The Labute approximate surface area is 132 Å². The summed E-state index contributed by atoms with van der Waals surface area (Å²) in [6, 6.07) is 10.2. The first-order valence-corrected chi connectivity index (χ1v) is 6.88. The van der Waals surface area contributed by atoms with E-state index in [1.807, 2.05) is 19.1 Å². The molecule has 1 N–H and O–H groups in total. The fraction of sp³-hybridized carbons (Fsp3) is 0.0625. The second-order valence-corrected chi connectivity index (χ2v) is 4.91. The predicted molar refractivity (Wildman–Crippen MR) is 86.4 cm³/mol. The number of hydrogen-bond donors (Lipinski definition) is 1. The fourth-order valence-electron chi connectivity index (χ4n) is 2.09. The molecule has 0 amide bonds. The molecule has 0 aliphatic heterocycles. The SMILES string of the molecule is Cc1ccc([N+](=O)[O-])cc1Nc1cc(-c2cccnc2)ncn1. The van der Waals surface area contributed by atoms with Crippen LogP contribution in [-0.4, -0.2) is 19.9 Å². The molecule has 0 aliphatic carbocycles. The Morgan fingerprint density at radius 3 is 2.78 bits per heavy atom. The monoisotopic (exact) mass is 307 g/mol. The lowest BCUT2D eigenvalue weighted by Crippen LogP contribution is -1.98. The highest BCUT2D eigenvalue weighted by Crippen LogP contribution is 2.25. The third-order valence-corrected chi connectivity index (χ3v) is 3.32. The van der Waals surface area contributed by atoms with Crippen LogP contribution in [0.3, 0.4) is 0 Å². The van der Waals surface area contributed by atoms with Gasteiger partial charge >= 0.3 is 0 Å². The molecule has 1 aromatic carbocycles. The first-order chi connectivity index (χ1) is 11.1. The number of nitro benzene ring substituents is 1. The van der Waals surface area contributed by atoms with E-state index >= 15 is 0 Å². The third-order valence-electron chi connectivity index (χ3n) is 3.32. The number of hydrogen-bond acceptors (Lipinski definition) is 6. The van der Waals surface area contributed by atoms with Gasteiger partial charge in [-0.15, -0.1) is 0 Å². The van der Waals surface area contributed by atoms with Crippen LogP contribution in [-0.2, 0) is 0 Å². The summed E-state index contributed by atoms with van der Waals surface area (Å²) in [5.74, 6) is 0.558. The van der Waals surface area contributed by atoms with Gasteiger partial charge in [-0.3, -0.25) is 15.1 Å². The molecule has 7 nitrogen and oxygen atoms in total. The number of aromatic nitrogens is 3. The van der Waals surface area contributed by atoms with Crippen LogP contribution in [0.2, 0.25) is 0 Å². The van der Waals surface area contributed by atoms with Crippen LogP contribution in [0.15, 0.2) is 55.1 Å². The van der Waals surface area contributed by atoms with Crippen molar-refractivity contribution in [3.63, 3.8) is 0 Å². The minimum absolute atomic E-state index is 0.0274. The van der Waals surface area contributed by atoms with E-state index in [1.165, 1.54) is 18.5 Å². The number of nitrogens with one attached hydrogen (secondary N) is 1. The molecule has 0 aliphatic rings. The average molecular weight is 307 g/mol.